The molecule has 1 atom stereocenters. The summed E-state index contributed by atoms with van der Waals surface area (Å²) < 4.78 is 32.6. The third-order valence-electron chi connectivity index (χ3n) is 5.35. The first-order valence-corrected chi connectivity index (χ1v) is 11.3. The Kier molecular flexibility index (Phi) is 5.94. The van der Waals surface area contributed by atoms with Crippen molar-refractivity contribution in [2.24, 2.45) is 15.4 Å². The number of anilines is 1. The predicted molar refractivity (Wildman–Crippen MR) is 115 cm³/mol. The molecule has 0 saturated carbocycles. The van der Waals surface area contributed by atoms with Crippen molar-refractivity contribution in [1.82, 2.24) is 4.98 Å². The molecule has 158 valence electrons. The van der Waals surface area contributed by atoms with Gasteiger partial charge in [-0.2, -0.15) is 0 Å². The van der Waals surface area contributed by atoms with Crippen LogP contribution in [0.25, 0.3) is 0 Å². The highest BCUT2D eigenvalue weighted by molar-refractivity contribution is 6.57. The number of nitrogens with one attached hydrogen (secondary N) is 1. The number of amides is 1. The lowest BCUT2D eigenvalue weighted by Gasteiger charge is -2.39. The maximum Gasteiger partial charge on any atom is 0.274 e. The van der Waals surface area contributed by atoms with Crippen LogP contribution < -0.4 is 11.1 Å². The average molecular weight is 430 g/mol. The van der Waals surface area contributed by atoms with Crippen LogP contribution >= 0.6 is 0 Å². The summed E-state index contributed by atoms with van der Waals surface area (Å²) in [7, 11) is -1.31. The smallest absolute Gasteiger partial charge is 0.274 e. The van der Waals surface area contributed by atoms with Crippen LogP contribution in [0.5, 0.6) is 0 Å². The molecule has 1 aromatic carbocycles. The van der Waals surface area contributed by atoms with Gasteiger partial charge in [-0.25, -0.2) is 13.8 Å². The molecule has 0 bridgehead atoms. The largest absolute Gasteiger partial charge is 0.387 e. The zero-order valence-electron chi connectivity index (χ0n) is 17.5. The summed E-state index contributed by atoms with van der Waals surface area (Å²) >= 11 is 0. The van der Waals surface area contributed by atoms with Crippen molar-refractivity contribution in [3.8, 4) is 0 Å². The summed E-state index contributed by atoms with van der Waals surface area (Å²) in [6.45, 7) is 8.55. The molecule has 3 N–H and O–H groups in total. The van der Waals surface area contributed by atoms with E-state index in [1.807, 2.05) is 27.7 Å². The lowest BCUT2D eigenvalue weighted by molar-refractivity contribution is 0.102. The molecule has 1 aliphatic rings. The van der Waals surface area contributed by atoms with Crippen molar-refractivity contribution in [3.05, 3.63) is 59.4 Å². The summed E-state index contributed by atoms with van der Waals surface area (Å²) in [5, 5.41) is 2.36. The SMILES string of the molecule is CCN=[Si]1C[C@@](C)(c2cc(NC(=O)c3ccc(F)cn3)ccc2F)N=C(N)C1(C)C. The summed E-state index contributed by atoms with van der Waals surface area (Å²) in [6, 6.07) is 7.35. The number of aromatic nitrogens is 1. The topological polar surface area (TPSA) is 92.7 Å². The highest BCUT2D eigenvalue weighted by Gasteiger charge is 2.44. The maximum atomic E-state index is 14.8. The van der Waals surface area contributed by atoms with Crippen LogP contribution in [-0.2, 0) is 5.54 Å². The third-order valence-corrected chi connectivity index (χ3v) is 8.77. The van der Waals surface area contributed by atoms with E-state index < -0.39 is 31.7 Å². The molecular weight excluding hydrogens is 404 g/mol. The minimum absolute atomic E-state index is 0.0578. The van der Waals surface area contributed by atoms with Gasteiger partial charge >= 0.3 is 0 Å². The number of carbonyl (C=O) groups excluding carboxylic acids is 1. The molecule has 30 heavy (non-hydrogen) atoms. The molecule has 9 heteroatoms. The fraction of sp³-hybridized carbons (Fsp3) is 0.381. The van der Waals surface area contributed by atoms with E-state index in [0.717, 1.165) is 12.3 Å². The standard InChI is InChI=1S/C21H25F2N5OSi/c1-5-26-30-12-21(4,28-19(24)20(30,2)3)15-10-14(7-8-16(15)23)27-18(29)17-9-6-13(22)11-25-17/h6-11H,5,12H2,1-4H3,(H2,24,28)(H,27,29)/t21-/m0/s1. The van der Waals surface area contributed by atoms with Gasteiger partial charge in [-0.05, 0) is 44.2 Å². The van der Waals surface area contributed by atoms with Crippen LogP contribution in [0.1, 0.15) is 43.7 Å². The van der Waals surface area contributed by atoms with Gasteiger partial charge in [0, 0.05) is 28.9 Å². The van der Waals surface area contributed by atoms with E-state index in [4.69, 9.17) is 10.4 Å². The summed E-state index contributed by atoms with van der Waals surface area (Å²) in [5.74, 6) is -1.01. The van der Waals surface area contributed by atoms with E-state index in [0.29, 0.717) is 29.7 Å². The van der Waals surface area contributed by atoms with Gasteiger partial charge in [0.1, 0.15) is 31.8 Å². The first-order chi connectivity index (χ1) is 14.1. The minimum Gasteiger partial charge on any atom is -0.387 e. The van der Waals surface area contributed by atoms with Crippen molar-refractivity contribution in [3.63, 3.8) is 0 Å². The molecule has 0 unspecified atom stereocenters. The molecule has 2 heterocycles. The van der Waals surface area contributed by atoms with Crippen LogP contribution in [0.3, 0.4) is 0 Å². The Morgan fingerprint density at radius 1 is 1.27 bits per heavy atom. The zero-order valence-corrected chi connectivity index (χ0v) is 18.5. The average Bonchev–Trinajstić information content (AvgIpc) is 2.68. The lowest BCUT2D eigenvalue weighted by atomic mass is 9.92. The van der Waals surface area contributed by atoms with Crippen molar-refractivity contribution < 1.29 is 13.6 Å². The Labute approximate surface area is 176 Å². The molecule has 2 aromatic rings. The normalized spacial score (nSPS) is 21.9. The van der Waals surface area contributed by atoms with Gasteiger partial charge in [0.05, 0.1) is 11.7 Å². The van der Waals surface area contributed by atoms with Gasteiger partial charge in [0.2, 0.25) is 0 Å². The van der Waals surface area contributed by atoms with Crippen LogP contribution in [0, 0.1) is 11.6 Å². The molecule has 6 nitrogen and oxygen atoms in total. The van der Waals surface area contributed by atoms with Gasteiger partial charge in [0.15, 0.2) is 0 Å². The predicted octanol–water partition coefficient (Wildman–Crippen LogP) is 4.26. The Bertz CT molecular complexity index is 1040. The van der Waals surface area contributed by atoms with Gasteiger partial charge in [-0.15, -0.1) is 0 Å². The highest BCUT2D eigenvalue weighted by Crippen LogP contribution is 2.44. The summed E-state index contributed by atoms with van der Waals surface area (Å²) in [5.41, 5.74) is 6.20. The second kappa shape index (κ2) is 8.14. The van der Waals surface area contributed by atoms with E-state index in [2.05, 4.69) is 15.3 Å². The fourth-order valence-electron chi connectivity index (χ4n) is 3.46. The number of hydrogen-bond acceptors (Lipinski definition) is 5. The summed E-state index contributed by atoms with van der Waals surface area (Å²) in [6.07, 6.45) is 0.966. The van der Waals surface area contributed by atoms with E-state index >= 15 is 0 Å². The fourth-order valence-corrected chi connectivity index (χ4v) is 6.06. The van der Waals surface area contributed by atoms with Crippen LogP contribution in [0.15, 0.2) is 46.2 Å². The monoisotopic (exact) mass is 429 g/mol. The second-order valence-corrected chi connectivity index (χ2v) is 10.8. The number of nitrogens with zero attached hydrogens (tertiary/aromatic N) is 3. The lowest BCUT2D eigenvalue weighted by Crippen LogP contribution is -2.45. The summed E-state index contributed by atoms with van der Waals surface area (Å²) in [4.78, 5) is 20.8. The van der Waals surface area contributed by atoms with E-state index in [1.165, 1.54) is 18.2 Å². The Hall–Kier alpha value is -2.81. The number of halogens is 2. The maximum absolute atomic E-state index is 14.8. The highest BCUT2D eigenvalue weighted by atomic mass is 28.2. The Morgan fingerprint density at radius 2 is 2.00 bits per heavy atom. The van der Waals surface area contributed by atoms with E-state index in [-0.39, 0.29) is 10.7 Å². The molecule has 0 fully saturated rings. The van der Waals surface area contributed by atoms with Crippen molar-refractivity contribution in [1.29, 1.82) is 0 Å². The molecule has 0 spiro atoms. The number of benzene rings is 1. The molecule has 1 aromatic heterocycles. The molecule has 1 amide bonds. The Morgan fingerprint density at radius 3 is 2.63 bits per heavy atom. The number of amidine groups is 1. The van der Waals surface area contributed by atoms with Crippen LogP contribution in [0.2, 0.25) is 11.1 Å². The van der Waals surface area contributed by atoms with Crippen molar-refractivity contribution in [2.45, 2.75) is 44.3 Å². The first kappa shape index (κ1) is 21.9. The quantitative estimate of drug-likeness (QED) is 0.711. The number of carbonyl (C=O) groups is 1. The molecule has 3 rings (SSSR count). The van der Waals surface area contributed by atoms with E-state index in [9.17, 15) is 13.6 Å². The second-order valence-electron chi connectivity index (χ2n) is 8.00. The molecular formula is C21H25F2N5OSi. The third kappa shape index (κ3) is 4.21. The van der Waals surface area contributed by atoms with Crippen molar-refractivity contribution in [2.75, 3.05) is 11.9 Å². The number of aliphatic imine (C=N–C) groups is 1. The molecule has 0 saturated heterocycles. The van der Waals surface area contributed by atoms with Crippen LogP contribution in [0.4, 0.5) is 14.5 Å². The van der Waals surface area contributed by atoms with Gasteiger partial charge in [0.25, 0.3) is 5.91 Å². The number of nitrogens with two attached hydrogens (primary N) is 1. The first-order valence-electron chi connectivity index (χ1n) is 9.69. The molecule has 0 radical (unpaired) electrons. The molecule has 0 aliphatic carbocycles. The molecule has 1 aliphatic heterocycles. The minimum atomic E-state index is -1.31. The number of pyridine rings is 1. The van der Waals surface area contributed by atoms with Gasteiger partial charge in [-0.1, -0.05) is 13.8 Å². The zero-order chi connectivity index (χ0) is 22.1. The van der Waals surface area contributed by atoms with E-state index in [1.54, 1.807) is 6.07 Å². The van der Waals surface area contributed by atoms with Crippen molar-refractivity contribution >= 4 is 26.0 Å². The Balaban J connectivity index is 1.97. The number of hydrogen-bond donors (Lipinski definition) is 2. The van der Waals surface area contributed by atoms with Crippen LogP contribution in [-0.4, -0.2) is 31.9 Å². The van der Waals surface area contributed by atoms with Gasteiger partial charge < -0.3 is 15.7 Å². The van der Waals surface area contributed by atoms with Gasteiger partial charge in [-0.3, -0.25) is 9.79 Å². The number of rotatable bonds is 4.